The van der Waals surface area contributed by atoms with Crippen LogP contribution in [0.15, 0.2) is 91.1 Å². The molecule has 0 saturated heterocycles. The normalized spacial score (nSPS) is 11.7. The highest BCUT2D eigenvalue weighted by Crippen LogP contribution is 2.30. The Hall–Kier alpha value is -3.39. The summed E-state index contributed by atoms with van der Waals surface area (Å²) >= 11 is 0. The van der Waals surface area contributed by atoms with Gasteiger partial charge in [-0.15, -0.1) is 0 Å². The fourth-order valence-corrected chi connectivity index (χ4v) is 3.32. The number of para-hydroxylation sites is 1. The number of rotatable bonds is 3. The number of aryl methyl sites for hydroxylation is 1. The molecule has 0 aliphatic rings. The number of nitrogens with zero attached hydrogens (tertiary/aromatic N) is 1. The Kier molecular flexibility index (Phi) is 4.24. The minimum Gasteiger partial charge on any atom is -0.618 e. The van der Waals surface area contributed by atoms with Crippen LogP contribution in [0.2, 0.25) is 0 Å². The highest BCUT2D eigenvalue weighted by atomic mass is 16.5. The highest BCUT2D eigenvalue weighted by Gasteiger charge is 2.16. The second-order valence-electron chi connectivity index (χ2n) is 6.42. The molecule has 0 fully saturated rings. The van der Waals surface area contributed by atoms with Gasteiger partial charge in [-0.25, -0.2) is 0 Å². The van der Waals surface area contributed by atoms with Crippen molar-refractivity contribution in [3.63, 3.8) is 0 Å². The van der Waals surface area contributed by atoms with Crippen LogP contribution < -0.4 is 4.73 Å². The summed E-state index contributed by atoms with van der Waals surface area (Å²) in [6.45, 7) is 1.94. The van der Waals surface area contributed by atoms with Crippen molar-refractivity contribution in [3.8, 4) is 0 Å². The minimum absolute atomic E-state index is 0.698. The van der Waals surface area contributed by atoms with E-state index in [0.29, 0.717) is 5.52 Å². The van der Waals surface area contributed by atoms with Gasteiger partial charge in [-0.3, -0.25) is 0 Å². The van der Waals surface area contributed by atoms with E-state index in [1.54, 1.807) is 6.20 Å². The highest BCUT2D eigenvalue weighted by molar-refractivity contribution is 5.99. The zero-order valence-electron chi connectivity index (χ0n) is 14.6. The van der Waals surface area contributed by atoms with Crippen LogP contribution in [0.3, 0.4) is 0 Å². The van der Waals surface area contributed by atoms with E-state index >= 15 is 0 Å². The number of pyridine rings is 1. The average molecular weight is 337 g/mol. The van der Waals surface area contributed by atoms with E-state index in [2.05, 4.69) is 36.4 Å². The fourth-order valence-electron chi connectivity index (χ4n) is 3.32. The van der Waals surface area contributed by atoms with Crippen LogP contribution in [0.1, 0.15) is 22.3 Å². The standard InChI is InChI=1S/C24H19NO/c1-18-15-21-13-8-14-22(24(21)25(26)17-18)23(20-11-6-3-7-12-20)16-19-9-4-2-5-10-19/h2-17H,1H3/b23-16+. The molecule has 0 radical (unpaired) electrons. The Bertz CT molecular complexity index is 1080. The van der Waals surface area contributed by atoms with Crippen LogP contribution in [0.5, 0.6) is 0 Å². The van der Waals surface area contributed by atoms with Gasteiger partial charge in [-0.1, -0.05) is 66.7 Å². The maximum Gasteiger partial charge on any atom is 0.231 e. The third kappa shape index (κ3) is 3.09. The lowest BCUT2D eigenvalue weighted by Gasteiger charge is -2.12. The Labute approximate surface area is 153 Å². The molecule has 3 aromatic carbocycles. The monoisotopic (exact) mass is 337 g/mol. The second-order valence-corrected chi connectivity index (χ2v) is 6.42. The van der Waals surface area contributed by atoms with Crippen LogP contribution in [0.4, 0.5) is 0 Å². The average Bonchev–Trinajstić information content (AvgIpc) is 2.67. The third-order valence-corrected chi connectivity index (χ3v) is 4.48. The molecule has 0 aliphatic heterocycles. The van der Waals surface area contributed by atoms with Gasteiger partial charge in [0.05, 0.1) is 5.56 Å². The number of aromatic nitrogens is 1. The molecule has 2 nitrogen and oxygen atoms in total. The van der Waals surface area contributed by atoms with Crippen molar-refractivity contribution in [2.75, 3.05) is 0 Å². The fraction of sp³-hybridized carbons (Fsp3) is 0.0417. The molecule has 0 bridgehead atoms. The van der Waals surface area contributed by atoms with Crippen molar-refractivity contribution in [2.45, 2.75) is 6.92 Å². The van der Waals surface area contributed by atoms with E-state index in [1.807, 2.05) is 61.5 Å². The molecule has 0 atom stereocenters. The van der Waals surface area contributed by atoms with Crippen LogP contribution in [-0.4, -0.2) is 0 Å². The summed E-state index contributed by atoms with van der Waals surface area (Å²) in [4.78, 5) is 0. The molecular formula is C24H19NO. The Morgan fingerprint density at radius 2 is 1.54 bits per heavy atom. The SMILES string of the molecule is Cc1cc2cccc(/C(=C/c3ccccc3)c3ccccc3)c2[n+]([O-])c1. The molecule has 4 rings (SSSR count). The molecule has 0 amide bonds. The quantitative estimate of drug-likeness (QED) is 0.280. The van der Waals surface area contributed by atoms with Gasteiger partial charge in [-0.2, -0.15) is 4.73 Å². The molecule has 126 valence electrons. The van der Waals surface area contributed by atoms with E-state index in [9.17, 15) is 5.21 Å². The van der Waals surface area contributed by atoms with E-state index in [1.165, 1.54) is 0 Å². The first kappa shape index (κ1) is 16.1. The first-order chi connectivity index (χ1) is 12.7. The molecule has 0 spiro atoms. The zero-order valence-corrected chi connectivity index (χ0v) is 14.6. The van der Waals surface area contributed by atoms with Gasteiger partial charge in [0.2, 0.25) is 5.52 Å². The van der Waals surface area contributed by atoms with Crippen molar-refractivity contribution >= 4 is 22.6 Å². The van der Waals surface area contributed by atoms with Crippen molar-refractivity contribution in [2.24, 2.45) is 0 Å². The minimum atomic E-state index is 0.698. The number of hydrogen-bond acceptors (Lipinski definition) is 1. The lowest BCUT2D eigenvalue weighted by Crippen LogP contribution is -2.28. The topological polar surface area (TPSA) is 26.9 Å². The van der Waals surface area contributed by atoms with E-state index in [-0.39, 0.29) is 0 Å². The third-order valence-electron chi connectivity index (χ3n) is 4.48. The second kappa shape index (κ2) is 6.85. The van der Waals surface area contributed by atoms with Crippen LogP contribution >= 0.6 is 0 Å². The van der Waals surface area contributed by atoms with Crippen molar-refractivity contribution in [1.29, 1.82) is 0 Å². The van der Waals surface area contributed by atoms with Crippen molar-refractivity contribution in [1.82, 2.24) is 0 Å². The van der Waals surface area contributed by atoms with Crippen LogP contribution in [0, 0.1) is 12.1 Å². The molecule has 0 unspecified atom stereocenters. The molecule has 0 saturated carbocycles. The molecule has 1 aromatic heterocycles. The summed E-state index contributed by atoms with van der Waals surface area (Å²) in [7, 11) is 0. The number of fused-ring (bicyclic) bond motifs is 1. The molecule has 1 heterocycles. The van der Waals surface area contributed by atoms with Crippen LogP contribution in [-0.2, 0) is 0 Å². The Balaban J connectivity index is 2.02. The van der Waals surface area contributed by atoms with E-state index in [0.717, 1.165) is 37.9 Å². The Morgan fingerprint density at radius 3 is 2.27 bits per heavy atom. The van der Waals surface area contributed by atoms with Gasteiger partial charge in [0.15, 0.2) is 6.20 Å². The molecule has 4 aromatic rings. The smallest absolute Gasteiger partial charge is 0.231 e. The van der Waals surface area contributed by atoms with Crippen molar-refractivity contribution < 1.29 is 4.73 Å². The van der Waals surface area contributed by atoms with E-state index in [4.69, 9.17) is 0 Å². The maximum atomic E-state index is 12.7. The summed E-state index contributed by atoms with van der Waals surface area (Å²) in [6, 6.07) is 28.5. The summed E-state index contributed by atoms with van der Waals surface area (Å²) in [5.41, 5.74) is 5.82. The van der Waals surface area contributed by atoms with Gasteiger partial charge in [0.25, 0.3) is 0 Å². The largest absolute Gasteiger partial charge is 0.618 e. The lowest BCUT2D eigenvalue weighted by molar-refractivity contribution is -0.577. The Morgan fingerprint density at radius 1 is 0.846 bits per heavy atom. The van der Waals surface area contributed by atoms with Crippen LogP contribution in [0.25, 0.3) is 22.6 Å². The summed E-state index contributed by atoms with van der Waals surface area (Å²) < 4.78 is 0.988. The predicted octanol–water partition coefficient (Wildman–Crippen LogP) is 5.37. The molecule has 2 heteroatoms. The number of benzene rings is 3. The maximum absolute atomic E-state index is 12.7. The predicted molar refractivity (Wildman–Crippen MR) is 108 cm³/mol. The summed E-state index contributed by atoms with van der Waals surface area (Å²) in [5.74, 6) is 0. The molecule has 0 aliphatic carbocycles. The van der Waals surface area contributed by atoms with Gasteiger partial charge >= 0.3 is 0 Å². The van der Waals surface area contributed by atoms with Gasteiger partial charge in [0.1, 0.15) is 0 Å². The molecular weight excluding hydrogens is 318 g/mol. The zero-order chi connectivity index (χ0) is 17.9. The first-order valence-corrected chi connectivity index (χ1v) is 8.67. The first-order valence-electron chi connectivity index (χ1n) is 8.67. The van der Waals surface area contributed by atoms with Gasteiger partial charge in [0, 0.05) is 10.9 Å². The molecule has 26 heavy (non-hydrogen) atoms. The number of hydrogen-bond donors (Lipinski definition) is 0. The summed E-state index contributed by atoms with van der Waals surface area (Å²) in [5, 5.41) is 13.6. The van der Waals surface area contributed by atoms with Crippen molar-refractivity contribution in [3.05, 3.63) is 119 Å². The summed E-state index contributed by atoms with van der Waals surface area (Å²) in [6.07, 6.45) is 3.78. The lowest BCUT2D eigenvalue weighted by atomic mass is 9.93. The van der Waals surface area contributed by atoms with Gasteiger partial charge in [-0.05, 0) is 47.9 Å². The van der Waals surface area contributed by atoms with Gasteiger partial charge < -0.3 is 5.21 Å². The molecule has 0 N–H and O–H groups in total. The van der Waals surface area contributed by atoms with E-state index < -0.39 is 0 Å².